The number of nitrogens with zero attached hydrogens (tertiary/aromatic N) is 3. The monoisotopic (exact) mass is 427 g/mol. The van der Waals surface area contributed by atoms with Crippen molar-refractivity contribution in [3.05, 3.63) is 41.5 Å². The molecule has 1 aliphatic heterocycles. The maximum Gasteiger partial charge on any atom is 0.277 e. The minimum absolute atomic E-state index is 0.00628. The molecule has 2 aromatic rings. The van der Waals surface area contributed by atoms with Crippen LogP contribution in [0.1, 0.15) is 24.8 Å². The van der Waals surface area contributed by atoms with E-state index in [0.29, 0.717) is 31.8 Å². The number of thioether (sulfide) groups is 1. The summed E-state index contributed by atoms with van der Waals surface area (Å²) in [7, 11) is -2.94. The molecule has 28 heavy (non-hydrogen) atoms. The second-order valence-corrected chi connectivity index (χ2v) is 9.92. The lowest BCUT2D eigenvalue weighted by atomic mass is 10.1. The smallest absolute Gasteiger partial charge is 0.277 e. The van der Waals surface area contributed by atoms with Crippen molar-refractivity contribution in [2.75, 3.05) is 23.8 Å². The van der Waals surface area contributed by atoms with Gasteiger partial charge in [0.2, 0.25) is 11.8 Å². The lowest BCUT2D eigenvalue weighted by Crippen LogP contribution is -2.31. The summed E-state index contributed by atoms with van der Waals surface area (Å²) < 4.78 is 41.9. The molecule has 0 N–H and O–H groups in total. The van der Waals surface area contributed by atoms with Gasteiger partial charge in [0.1, 0.15) is 5.82 Å². The number of aromatic nitrogens is 2. The van der Waals surface area contributed by atoms with E-state index in [-0.39, 0.29) is 40.1 Å². The molecular formula is C18H22FN3O4S2. The van der Waals surface area contributed by atoms with Gasteiger partial charge in [-0.3, -0.25) is 4.79 Å². The van der Waals surface area contributed by atoms with Gasteiger partial charge in [0, 0.05) is 19.5 Å². The van der Waals surface area contributed by atoms with Crippen LogP contribution in [0.4, 0.5) is 4.39 Å². The molecule has 0 spiro atoms. The fourth-order valence-electron chi connectivity index (χ4n) is 3.11. The van der Waals surface area contributed by atoms with Crippen LogP contribution in [0.2, 0.25) is 0 Å². The summed E-state index contributed by atoms with van der Waals surface area (Å²) in [5.41, 5.74) is 0.729. The van der Waals surface area contributed by atoms with E-state index in [4.69, 9.17) is 4.42 Å². The maximum absolute atomic E-state index is 13.3. The first-order valence-electron chi connectivity index (χ1n) is 9.02. The van der Waals surface area contributed by atoms with Crippen molar-refractivity contribution in [3.63, 3.8) is 0 Å². The molecule has 3 rings (SSSR count). The summed E-state index contributed by atoms with van der Waals surface area (Å²) in [4.78, 5) is 14.1. The zero-order chi connectivity index (χ0) is 20.1. The summed E-state index contributed by atoms with van der Waals surface area (Å²) in [6, 6.07) is 6.18. The van der Waals surface area contributed by atoms with Gasteiger partial charge < -0.3 is 9.32 Å². The zero-order valence-corrected chi connectivity index (χ0v) is 17.1. The molecule has 1 aromatic heterocycles. The lowest BCUT2D eigenvalue weighted by Gasteiger charge is -2.20. The first-order chi connectivity index (χ1) is 13.3. The minimum Gasteiger partial charge on any atom is -0.416 e. The van der Waals surface area contributed by atoms with Gasteiger partial charge in [0.25, 0.3) is 5.22 Å². The number of benzene rings is 1. The van der Waals surface area contributed by atoms with E-state index >= 15 is 0 Å². The molecule has 7 nitrogen and oxygen atoms in total. The quantitative estimate of drug-likeness (QED) is 0.597. The van der Waals surface area contributed by atoms with Gasteiger partial charge >= 0.3 is 0 Å². The van der Waals surface area contributed by atoms with Crippen LogP contribution in [0, 0.1) is 11.7 Å². The zero-order valence-electron chi connectivity index (χ0n) is 15.5. The molecular weight excluding hydrogens is 405 g/mol. The molecule has 1 atom stereocenters. The van der Waals surface area contributed by atoms with Crippen LogP contribution in [0.15, 0.2) is 33.9 Å². The van der Waals surface area contributed by atoms with Gasteiger partial charge in [0.05, 0.1) is 17.3 Å². The average Bonchev–Trinajstić information content (AvgIpc) is 3.23. The molecule has 1 amide bonds. The number of carbonyl (C=O) groups excluding carboxylic acids is 1. The minimum atomic E-state index is -2.94. The van der Waals surface area contributed by atoms with Crippen LogP contribution in [-0.2, 0) is 27.6 Å². The van der Waals surface area contributed by atoms with E-state index in [2.05, 4.69) is 10.2 Å². The number of amides is 1. The Morgan fingerprint density at radius 1 is 1.39 bits per heavy atom. The van der Waals surface area contributed by atoms with E-state index in [1.54, 1.807) is 17.0 Å². The molecule has 1 aromatic carbocycles. The van der Waals surface area contributed by atoms with E-state index in [1.165, 1.54) is 12.1 Å². The Bertz CT molecular complexity index is 932. The number of hydrogen-bond donors (Lipinski definition) is 0. The number of carbonyl (C=O) groups is 1. The van der Waals surface area contributed by atoms with Gasteiger partial charge in [-0.05, 0) is 37.0 Å². The largest absolute Gasteiger partial charge is 0.416 e. The Hall–Kier alpha value is -1.94. The first kappa shape index (κ1) is 20.8. The van der Waals surface area contributed by atoms with Crippen molar-refractivity contribution in [1.29, 1.82) is 0 Å². The van der Waals surface area contributed by atoms with Crippen LogP contribution in [0.25, 0.3) is 0 Å². The highest BCUT2D eigenvalue weighted by Crippen LogP contribution is 2.24. The van der Waals surface area contributed by atoms with Gasteiger partial charge in [-0.1, -0.05) is 23.9 Å². The van der Waals surface area contributed by atoms with Gasteiger partial charge in [0.15, 0.2) is 9.84 Å². The molecule has 10 heteroatoms. The highest BCUT2D eigenvalue weighted by atomic mass is 32.2. The third kappa shape index (κ3) is 5.78. The van der Waals surface area contributed by atoms with Crippen LogP contribution >= 0.6 is 11.8 Å². The predicted molar refractivity (Wildman–Crippen MR) is 103 cm³/mol. The fraction of sp³-hybridized carbons (Fsp3) is 0.500. The normalized spacial score (nSPS) is 18.3. The molecule has 2 heterocycles. The number of hydrogen-bond acceptors (Lipinski definition) is 7. The SMILES string of the molecule is CCN(Cc1cccc(F)c1)C(=O)CSc1nnc(CC2CCS(=O)(=O)C2)o1. The molecule has 1 unspecified atom stereocenters. The average molecular weight is 428 g/mol. The highest BCUT2D eigenvalue weighted by Gasteiger charge is 2.29. The van der Waals surface area contributed by atoms with Crippen LogP contribution < -0.4 is 0 Å². The third-order valence-electron chi connectivity index (χ3n) is 4.55. The molecule has 1 fully saturated rings. The Kier molecular flexibility index (Phi) is 6.71. The Morgan fingerprint density at radius 2 is 2.21 bits per heavy atom. The summed E-state index contributed by atoms with van der Waals surface area (Å²) in [5, 5.41) is 8.16. The van der Waals surface area contributed by atoms with E-state index in [0.717, 1.165) is 17.3 Å². The Balaban J connectivity index is 1.50. The van der Waals surface area contributed by atoms with Crippen LogP contribution in [0.5, 0.6) is 0 Å². The molecule has 1 aliphatic rings. The van der Waals surface area contributed by atoms with Crippen molar-refractivity contribution >= 4 is 27.5 Å². The van der Waals surface area contributed by atoms with Crippen LogP contribution in [0.3, 0.4) is 0 Å². The number of sulfone groups is 1. The van der Waals surface area contributed by atoms with Crippen molar-refractivity contribution in [3.8, 4) is 0 Å². The van der Waals surface area contributed by atoms with Crippen molar-refractivity contribution in [2.24, 2.45) is 5.92 Å². The molecule has 0 bridgehead atoms. The van der Waals surface area contributed by atoms with Crippen molar-refractivity contribution < 1.29 is 22.0 Å². The number of rotatable bonds is 8. The van der Waals surface area contributed by atoms with Gasteiger partial charge in [-0.2, -0.15) is 0 Å². The highest BCUT2D eigenvalue weighted by molar-refractivity contribution is 7.99. The third-order valence-corrected chi connectivity index (χ3v) is 7.19. The molecule has 0 radical (unpaired) electrons. The fourth-order valence-corrected chi connectivity index (χ4v) is 5.65. The summed E-state index contributed by atoms with van der Waals surface area (Å²) in [5.74, 6) is 0.447. The van der Waals surface area contributed by atoms with E-state index < -0.39 is 9.84 Å². The predicted octanol–water partition coefficient (Wildman–Crippen LogP) is 2.33. The second-order valence-electron chi connectivity index (χ2n) is 6.76. The molecule has 0 aliphatic carbocycles. The van der Waals surface area contributed by atoms with E-state index in [1.807, 2.05) is 6.92 Å². The summed E-state index contributed by atoms with van der Waals surface area (Å²) in [6.07, 6.45) is 1.04. The molecule has 152 valence electrons. The standard InChI is InChI=1S/C18H22FN3O4S2/c1-2-22(10-13-4-3-5-15(19)8-13)17(23)11-27-18-21-20-16(26-18)9-14-6-7-28(24,25)12-14/h3-5,8,14H,2,6-7,9-12H2,1H3. The van der Waals surface area contributed by atoms with Crippen molar-refractivity contribution in [1.82, 2.24) is 15.1 Å². The Morgan fingerprint density at radius 3 is 2.89 bits per heavy atom. The van der Waals surface area contributed by atoms with Gasteiger partial charge in [-0.15, -0.1) is 10.2 Å². The topological polar surface area (TPSA) is 93.4 Å². The van der Waals surface area contributed by atoms with Crippen LogP contribution in [-0.4, -0.2) is 53.2 Å². The van der Waals surface area contributed by atoms with E-state index in [9.17, 15) is 17.6 Å². The lowest BCUT2D eigenvalue weighted by molar-refractivity contribution is -0.128. The second kappa shape index (κ2) is 9.04. The first-order valence-corrected chi connectivity index (χ1v) is 11.8. The molecule has 1 saturated heterocycles. The number of halogens is 1. The Labute approximate surface area is 167 Å². The maximum atomic E-state index is 13.3. The molecule has 0 saturated carbocycles. The van der Waals surface area contributed by atoms with Crippen molar-refractivity contribution in [2.45, 2.75) is 31.5 Å². The summed E-state index contributed by atoms with van der Waals surface area (Å²) >= 11 is 1.14. The summed E-state index contributed by atoms with van der Waals surface area (Å²) in [6.45, 7) is 2.70. The van der Waals surface area contributed by atoms with Gasteiger partial charge in [-0.25, -0.2) is 12.8 Å².